The minimum absolute atomic E-state index is 0.0442. The summed E-state index contributed by atoms with van der Waals surface area (Å²) in [6, 6.07) is 3.93. The van der Waals surface area contributed by atoms with Crippen LogP contribution in [-0.4, -0.2) is 21.5 Å². The lowest BCUT2D eigenvalue weighted by Gasteiger charge is -2.30. The normalized spacial score (nSPS) is 13.0. The number of nitrogens with one attached hydrogen (secondary N) is 1. The number of hydrogen-bond acceptors (Lipinski definition) is 6. The molecule has 2 aromatic heterocycles. The first-order valence-corrected chi connectivity index (χ1v) is 8.79. The van der Waals surface area contributed by atoms with E-state index in [-0.39, 0.29) is 29.4 Å². The van der Waals surface area contributed by atoms with Crippen LogP contribution in [0.25, 0.3) is 0 Å². The van der Waals surface area contributed by atoms with Crippen molar-refractivity contribution in [2.45, 2.75) is 26.8 Å². The number of aromatic nitrogens is 2. The van der Waals surface area contributed by atoms with Gasteiger partial charge in [0.1, 0.15) is 11.4 Å². The summed E-state index contributed by atoms with van der Waals surface area (Å²) in [5.74, 6) is -0.539. The number of carbonyl (C=O) groups excluding carboxylic acids is 1. The summed E-state index contributed by atoms with van der Waals surface area (Å²) in [5, 5.41) is 5.22. The van der Waals surface area contributed by atoms with Gasteiger partial charge in [0, 0.05) is 25.0 Å². The van der Waals surface area contributed by atoms with Crippen molar-refractivity contribution in [3.63, 3.8) is 0 Å². The van der Waals surface area contributed by atoms with Crippen molar-refractivity contribution >= 4 is 22.9 Å². The predicted octanol–water partition coefficient (Wildman–Crippen LogP) is 1.29. The highest BCUT2D eigenvalue weighted by atomic mass is 32.1. The third-order valence-electron chi connectivity index (χ3n) is 4.15. The van der Waals surface area contributed by atoms with Crippen molar-refractivity contribution in [1.82, 2.24) is 14.5 Å². The maximum absolute atomic E-state index is 12.6. The van der Waals surface area contributed by atoms with Crippen LogP contribution in [0.1, 0.15) is 42.0 Å². The monoisotopic (exact) mass is 364 g/mol. The number of ketones is 1. The number of thiophene rings is 1. The van der Waals surface area contributed by atoms with E-state index >= 15 is 0 Å². The average molecular weight is 364 g/mol. The molecule has 25 heavy (non-hydrogen) atoms. The average Bonchev–Trinajstić information content (AvgIpc) is 3.04. The molecule has 3 N–H and O–H groups in total. The van der Waals surface area contributed by atoms with Gasteiger partial charge in [-0.15, -0.1) is 11.3 Å². The second-order valence-electron chi connectivity index (χ2n) is 7.08. The number of rotatable bonds is 5. The molecular weight excluding hydrogens is 340 g/mol. The standard InChI is InChI=1S/C17H24N4O3S/c1-17(2,3)13(11-7-6-8-25-11)19-9-10(22)12-14(18)20(4)16(24)21(5)15(12)23/h6-8,13,19H,9,18H2,1-5H3. The van der Waals surface area contributed by atoms with Gasteiger partial charge in [-0.05, 0) is 16.9 Å². The number of anilines is 1. The first-order valence-electron chi connectivity index (χ1n) is 7.91. The Bertz CT molecular complexity index is 888. The molecule has 0 saturated carbocycles. The lowest BCUT2D eigenvalue weighted by atomic mass is 9.85. The smallest absolute Gasteiger partial charge is 0.332 e. The predicted molar refractivity (Wildman–Crippen MR) is 100 cm³/mol. The lowest BCUT2D eigenvalue weighted by molar-refractivity contribution is 0.0977. The maximum Gasteiger partial charge on any atom is 0.332 e. The molecule has 136 valence electrons. The zero-order valence-electron chi connectivity index (χ0n) is 15.1. The van der Waals surface area contributed by atoms with Crippen LogP contribution in [0.4, 0.5) is 5.82 Å². The molecule has 1 atom stereocenters. The third kappa shape index (κ3) is 3.74. The van der Waals surface area contributed by atoms with Gasteiger partial charge in [-0.3, -0.25) is 18.7 Å². The highest BCUT2D eigenvalue weighted by Crippen LogP contribution is 2.34. The second kappa shape index (κ2) is 6.97. The zero-order valence-corrected chi connectivity index (χ0v) is 15.9. The summed E-state index contributed by atoms with van der Waals surface area (Å²) >= 11 is 1.61. The summed E-state index contributed by atoms with van der Waals surface area (Å²) in [6.07, 6.45) is 0. The molecular formula is C17H24N4O3S. The van der Waals surface area contributed by atoms with E-state index in [4.69, 9.17) is 5.73 Å². The topological polar surface area (TPSA) is 99.1 Å². The SMILES string of the molecule is Cn1c(N)c(C(=O)CNC(c2cccs2)C(C)(C)C)c(=O)n(C)c1=O. The molecule has 0 spiro atoms. The molecule has 0 aliphatic carbocycles. The lowest BCUT2D eigenvalue weighted by Crippen LogP contribution is -2.43. The molecule has 0 amide bonds. The van der Waals surface area contributed by atoms with Crippen molar-refractivity contribution < 1.29 is 4.79 Å². The van der Waals surface area contributed by atoms with Crippen molar-refractivity contribution in [3.05, 3.63) is 48.8 Å². The van der Waals surface area contributed by atoms with Crippen LogP contribution in [0.2, 0.25) is 0 Å². The Labute approximate surface area is 150 Å². The van der Waals surface area contributed by atoms with Gasteiger partial charge in [-0.1, -0.05) is 26.8 Å². The molecule has 2 heterocycles. The molecule has 2 rings (SSSR count). The number of hydrogen-bond donors (Lipinski definition) is 2. The third-order valence-corrected chi connectivity index (χ3v) is 5.09. The minimum atomic E-state index is -0.671. The molecule has 0 aromatic carbocycles. The van der Waals surface area contributed by atoms with Crippen molar-refractivity contribution in [2.24, 2.45) is 19.5 Å². The number of Topliss-reactive ketones (excluding diaryl/α,β-unsaturated/α-hetero) is 1. The molecule has 8 heteroatoms. The van der Waals surface area contributed by atoms with E-state index in [1.165, 1.54) is 14.1 Å². The summed E-state index contributed by atoms with van der Waals surface area (Å²) in [7, 11) is 2.77. The van der Waals surface area contributed by atoms with Crippen LogP contribution in [0, 0.1) is 5.41 Å². The summed E-state index contributed by atoms with van der Waals surface area (Å²) in [5.41, 5.74) is 4.34. The molecule has 0 fully saturated rings. The first kappa shape index (κ1) is 19.1. The molecule has 0 aliphatic rings. The van der Waals surface area contributed by atoms with Gasteiger partial charge in [0.2, 0.25) is 0 Å². The highest BCUT2D eigenvalue weighted by Gasteiger charge is 2.28. The summed E-state index contributed by atoms with van der Waals surface area (Å²) in [4.78, 5) is 37.9. The maximum atomic E-state index is 12.6. The van der Waals surface area contributed by atoms with E-state index in [1.54, 1.807) is 11.3 Å². The number of carbonyl (C=O) groups is 1. The number of nitrogen functional groups attached to an aromatic ring is 1. The van der Waals surface area contributed by atoms with Crippen LogP contribution in [-0.2, 0) is 14.1 Å². The van der Waals surface area contributed by atoms with Gasteiger partial charge in [0.15, 0.2) is 5.78 Å². The van der Waals surface area contributed by atoms with E-state index in [1.807, 2.05) is 17.5 Å². The fourth-order valence-electron chi connectivity index (χ4n) is 2.69. The Morgan fingerprint density at radius 1 is 1.28 bits per heavy atom. The van der Waals surface area contributed by atoms with Crippen molar-refractivity contribution in [1.29, 1.82) is 0 Å². The van der Waals surface area contributed by atoms with Crippen LogP contribution < -0.4 is 22.3 Å². The van der Waals surface area contributed by atoms with Crippen LogP contribution in [0.3, 0.4) is 0 Å². The van der Waals surface area contributed by atoms with E-state index in [0.29, 0.717) is 0 Å². The molecule has 7 nitrogen and oxygen atoms in total. The van der Waals surface area contributed by atoms with Gasteiger partial charge in [0.05, 0.1) is 6.54 Å². The van der Waals surface area contributed by atoms with Crippen molar-refractivity contribution in [2.75, 3.05) is 12.3 Å². The van der Waals surface area contributed by atoms with E-state index in [0.717, 1.165) is 14.0 Å². The summed E-state index contributed by atoms with van der Waals surface area (Å²) in [6.45, 7) is 6.19. The molecule has 0 bridgehead atoms. The van der Waals surface area contributed by atoms with Crippen molar-refractivity contribution in [3.8, 4) is 0 Å². The second-order valence-corrected chi connectivity index (χ2v) is 8.06. The largest absolute Gasteiger partial charge is 0.384 e. The molecule has 0 aliphatic heterocycles. The number of nitrogens with zero attached hydrogens (tertiary/aromatic N) is 2. The first-order chi connectivity index (χ1) is 11.6. The van der Waals surface area contributed by atoms with E-state index in [9.17, 15) is 14.4 Å². The molecule has 2 aromatic rings. The minimum Gasteiger partial charge on any atom is -0.384 e. The molecule has 0 saturated heterocycles. The van der Waals surface area contributed by atoms with Crippen LogP contribution >= 0.6 is 11.3 Å². The fraction of sp³-hybridized carbons (Fsp3) is 0.471. The Hall–Kier alpha value is -2.19. The Morgan fingerprint density at radius 2 is 1.92 bits per heavy atom. The van der Waals surface area contributed by atoms with Gasteiger partial charge in [-0.2, -0.15) is 0 Å². The van der Waals surface area contributed by atoms with Gasteiger partial charge in [-0.25, -0.2) is 4.79 Å². The fourth-order valence-corrected chi connectivity index (χ4v) is 3.74. The van der Waals surface area contributed by atoms with Gasteiger partial charge in [0.25, 0.3) is 5.56 Å². The van der Waals surface area contributed by atoms with E-state index < -0.39 is 17.0 Å². The highest BCUT2D eigenvalue weighted by molar-refractivity contribution is 7.10. The molecule has 0 radical (unpaired) electrons. The Morgan fingerprint density at radius 3 is 2.44 bits per heavy atom. The number of nitrogens with two attached hydrogens (primary N) is 1. The van der Waals surface area contributed by atoms with Crippen LogP contribution in [0.15, 0.2) is 27.1 Å². The molecule has 1 unspecified atom stereocenters. The quantitative estimate of drug-likeness (QED) is 0.779. The Balaban J connectivity index is 2.32. The Kier molecular flexibility index (Phi) is 5.34. The zero-order chi connectivity index (χ0) is 18.9. The van der Waals surface area contributed by atoms with E-state index in [2.05, 4.69) is 26.1 Å². The van der Waals surface area contributed by atoms with Gasteiger partial charge >= 0.3 is 5.69 Å². The van der Waals surface area contributed by atoms with Gasteiger partial charge < -0.3 is 11.1 Å². The van der Waals surface area contributed by atoms with Crippen LogP contribution in [0.5, 0.6) is 0 Å². The summed E-state index contributed by atoms with van der Waals surface area (Å²) < 4.78 is 2.00.